The number of piperidine rings is 1. The largest absolute Gasteiger partial charge is 0.297 e. The Balaban J connectivity index is 2.30. The Kier molecular flexibility index (Phi) is 2.94. The van der Waals surface area contributed by atoms with Gasteiger partial charge in [-0.3, -0.25) is 4.90 Å². The molecule has 0 N–H and O–H groups in total. The summed E-state index contributed by atoms with van der Waals surface area (Å²) >= 11 is 0. The highest BCUT2D eigenvalue weighted by atomic mass is 15.1. The maximum Gasteiger partial charge on any atom is 0.0247 e. The Morgan fingerprint density at radius 2 is 2.10 bits per heavy atom. The van der Waals surface area contributed by atoms with E-state index in [9.17, 15) is 0 Å². The lowest BCUT2D eigenvalue weighted by Crippen LogP contribution is -2.36. The summed E-state index contributed by atoms with van der Waals surface area (Å²) in [6.45, 7) is 8.42. The molecule has 1 atom stereocenters. The molecule has 1 heteroatoms. The molecule has 1 radical (unpaired) electrons. The van der Waals surface area contributed by atoms with Crippen molar-refractivity contribution in [2.45, 2.75) is 25.8 Å². The van der Waals surface area contributed by atoms with Gasteiger partial charge in [0.2, 0.25) is 0 Å². The molecule has 0 bridgehead atoms. The molecule has 0 saturated carbocycles. The van der Waals surface area contributed by atoms with Crippen LogP contribution in [-0.2, 0) is 0 Å². The zero-order chi connectivity index (χ0) is 7.40. The minimum Gasteiger partial charge on any atom is -0.297 e. The van der Waals surface area contributed by atoms with Crippen molar-refractivity contribution in [3.8, 4) is 0 Å². The molecule has 0 amide bonds. The second-order valence-corrected chi connectivity index (χ2v) is 2.88. The van der Waals surface area contributed by atoms with Crippen molar-refractivity contribution in [1.29, 1.82) is 0 Å². The molecular weight excluding hydrogens is 122 g/mol. The van der Waals surface area contributed by atoms with E-state index in [1.807, 2.05) is 6.08 Å². The van der Waals surface area contributed by atoms with Crippen molar-refractivity contribution in [2.24, 2.45) is 0 Å². The highest BCUT2D eigenvalue weighted by Crippen LogP contribution is 2.10. The highest BCUT2D eigenvalue weighted by Gasteiger charge is 2.13. The van der Waals surface area contributed by atoms with E-state index in [0.29, 0.717) is 6.04 Å². The molecule has 1 aliphatic rings. The van der Waals surface area contributed by atoms with Gasteiger partial charge in [0.15, 0.2) is 0 Å². The van der Waals surface area contributed by atoms with Crippen LogP contribution in [0.2, 0.25) is 0 Å². The van der Waals surface area contributed by atoms with Gasteiger partial charge in [0, 0.05) is 6.04 Å². The maximum absolute atomic E-state index is 3.78. The van der Waals surface area contributed by atoms with Crippen LogP contribution in [0.5, 0.6) is 0 Å². The van der Waals surface area contributed by atoms with Gasteiger partial charge in [-0.25, -0.2) is 0 Å². The summed E-state index contributed by atoms with van der Waals surface area (Å²) in [5.41, 5.74) is 0. The van der Waals surface area contributed by atoms with Crippen LogP contribution < -0.4 is 0 Å². The van der Waals surface area contributed by atoms with E-state index in [0.717, 1.165) is 0 Å². The zero-order valence-electron chi connectivity index (χ0n) is 6.71. The molecule has 0 aromatic carbocycles. The molecule has 1 saturated heterocycles. The molecule has 57 valence electrons. The number of rotatable bonds is 2. The van der Waals surface area contributed by atoms with Crippen molar-refractivity contribution in [2.75, 3.05) is 13.1 Å². The Bertz CT molecular complexity index is 103. The fraction of sp³-hybridized carbons (Fsp3) is 0.667. The summed E-state index contributed by atoms with van der Waals surface area (Å²) in [5, 5.41) is 0. The summed E-state index contributed by atoms with van der Waals surface area (Å²) < 4.78 is 0. The van der Waals surface area contributed by atoms with Crippen LogP contribution in [0.15, 0.2) is 12.7 Å². The fourth-order valence-corrected chi connectivity index (χ4v) is 1.33. The molecule has 10 heavy (non-hydrogen) atoms. The third kappa shape index (κ3) is 1.84. The van der Waals surface area contributed by atoms with Gasteiger partial charge in [-0.15, -0.1) is 6.58 Å². The van der Waals surface area contributed by atoms with Gasteiger partial charge in [-0.1, -0.05) is 6.08 Å². The van der Waals surface area contributed by atoms with E-state index in [-0.39, 0.29) is 0 Å². The van der Waals surface area contributed by atoms with Crippen LogP contribution >= 0.6 is 0 Å². The van der Waals surface area contributed by atoms with Crippen LogP contribution in [0, 0.1) is 6.42 Å². The Hall–Kier alpha value is -0.300. The third-order valence-electron chi connectivity index (χ3n) is 2.16. The van der Waals surface area contributed by atoms with E-state index in [1.54, 1.807) is 0 Å². The van der Waals surface area contributed by atoms with Crippen LogP contribution in [0.25, 0.3) is 0 Å². The number of nitrogens with zero attached hydrogens (tertiary/aromatic N) is 1. The molecule has 1 unspecified atom stereocenters. The van der Waals surface area contributed by atoms with Gasteiger partial charge < -0.3 is 0 Å². The topological polar surface area (TPSA) is 3.24 Å². The molecule has 1 aliphatic heterocycles. The molecular formula is C9H16N. The van der Waals surface area contributed by atoms with E-state index in [1.165, 1.54) is 25.9 Å². The first-order chi connectivity index (χ1) is 4.84. The second kappa shape index (κ2) is 3.77. The summed E-state index contributed by atoms with van der Waals surface area (Å²) in [6, 6.07) is 0.564. The molecule has 0 spiro atoms. The zero-order valence-corrected chi connectivity index (χ0v) is 6.71. The van der Waals surface area contributed by atoms with Crippen molar-refractivity contribution >= 4 is 0 Å². The van der Waals surface area contributed by atoms with Gasteiger partial charge in [0.1, 0.15) is 0 Å². The molecule has 0 aromatic heterocycles. The maximum atomic E-state index is 3.78. The molecule has 1 fully saturated rings. The average molecular weight is 138 g/mol. The lowest BCUT2D eigenvalue weighted by Gasteiger charge is -2.30. The normalized spacial score (nSPS) is 24.1. The van der Waals surface area contributed by atoms with E-state index >= 15 is 0 Å². The Morgan fingerprint density at radius 3 is 2.60 bits per heavy atom. The molecule has 0 aromatic rings. The molecule has 0 aliphatic carbocycles. The molecule has 1 heterocycles. The molecule has 1 nitrogen and oxygen atoms in total. The van der Waals surface area contributed by atoms with E-state index in [4.69, 9.17) is 0 Å². The van der Waals surface area contributed by atoms with Gasteiger partial charge in [-0.2, -0.15) is 0 Å². The predicted octanol–water partition coefficient (Wildman–Crippen LogP) is 1.86. The Morgan fingerprint density at radius 1 is 1.50 bits per heavy atom. The third-order valence-corrected chi connectivity index (χ3v) is 2.16. The monoisotopic (exact) mass is 138 g/mol. The van der Waals surface area contributed by atoms with Gasteiger partial charge in [0.25, 0.3) is 0 Å². The number of hydrogen-bond donors (Lipinski definition) is 0. The minimum absolute atomic E-state index is 0.564. The van der Waals surface area contributed by atoms with Gasteiger partial charge in [0.05, 0.1) is 0 Å². The van der Waals surface area contributed by atoms with E-state index < -0.39 is 0 Å². The summed E-state index contributed by atoms with van der Waals surface area (Å²) in [6.07, 6.45) is 6.88. The van der Waals surface area contributed by atoms with Crippen molar-refractivity contribution < 1.29 is 0 Å². The quantitative estimate of drug-likeness (QED) is 0.526. The lowest BCUT2D eigenvalue weighted by molar-refractivity contribution is 0.224. The summed E-state index contributed by atoms with van der Waals surface area (Å²) in [4.78, 5) is 2.47. The van der Waals surface area contributed by atoms with Crippen LogP contribution in [-0.4, -0.2) is 24.0 Å². The standard InChI is InChI=1S/C9H16N/c1-3-9(2)10-7-5-4-6-8-10/h3-4,9H,1,5-8H2,2H3. The van der Waals surface area contributed by atoms with Crippen LogP contribution in [0.1, 0.15) is 19.8 Å². The second-order valence-electron chi connectivity index (χ2n) is 2.88. The SMILES string of the molecule is C=CC(C)N1CC[CH]CC1. The summed E-state index contributed by atoms with van der Waals surface area (Å²) in [5.74, 6) is 0. The number of hydrogen-bond acceptors (Lipinski definition) is 1. The Labute approximate surface area is 63.7 Å². The average Bonchev–Trinajstić information content (AvgIpc) is 2.05. The number of likely N-dealkylation sites (tertiary alicyclic amines) is 1. The minimum atomic E-state index is 0.564. The smallest absolute Gasteiger partial charge is 0.0247 e. The molecule has 1 rings (SSSR count). The van der Waals surface area contributed by atoms with Gasteiger partial charge >= 0.3 is 0 Å². The first-order valence-electron chi connectivity index (χ1n) is 4.03. The lowest BCUT2D eigenvalue weighted by atomic mass is 10.1. The highest BCUT2D eigenvalue weighted by molar-refractivity contribution is 4.88. The summed E-state index contributed by atoms with van der Waals surface area (Å²) in [7, 11) is 0. The van der Waals surface area contributed by atoms with Crippen LogP contribution in [0.3, 0.4) is 0 Å². The van der Waals surface area contributed by atoms with Crippen molar-refractivity contribution in [1.82, 2.24) is 4.90 Å². The van der Waals surface area contributed by atoms with Crippen LogP contribution in [0.4, 0.5) is 0 Å². The first-order valence-corrected chi connectivity index (χ1v) is 4.03. The van der Waals surface area contributed by atoms with E-state index in [2.05, 4.69) is 24.8 Å². The predicted molar refractivity (Wildman–Crippen MR) is 44.8 cm³/mol. The first kappa shape index (κ1) is 7.80. The van der Waals surface area contributed by atoms with Gasteiger partial charge in [-0.05, 0) is 39.3 Å². The fourth-order valence-electron chi connectivity index (χ4n) is 1.33. The van der Waals surface area contributed by atoms with Crippen molar-refractivity contribution in [3.05, 3.63) is 19.1 Å². The van der Waals surface area contributed by atoms with Crippen molar-refractivity contribution in [3.63, 3.8) is 0 Å².